The molecule has 0 unspecified atom stereocenters. The Morgan fingerprint density at radius 2 is 1.97 bits per heavy atom. The first kappa shape index (κ1) is 21.3. The van der Waals surface area contributed by atoms with Crippen molar-refractivity contribution >= 4 is 43.4 Å². The summed E-state index contributed by atoms with van der Waals surface area (Å²) in [5.41, 5.74) is 0.431. The molecule has 0 atom stereocenters. The molecule has 1 aliphatic heterocycles. The Balaban J connectivity index is 1.48. The van der Waals surface area contributed by atoms with Crippen molar-refractivity contribution in [2.45, 2.75) is 30.6 Å². The topological polar surface area (TPSA) is 96.9 Å². The molecule has 0 aromatic heterocycles. The lowest BCUT2D eigenvalue weighted by atomic mass is 10.2. The van der Waals surface area contributed by atoms with Gasteiger partial charge in [0.1, 0.15) is 11.6 Å². The number of amidine groups is 1. The zero-order chi connectivity index (χ0) is 20.7. The molecule has 154 valence electrons. The zero-order valence-electron chi connectivity index (χ0n) is 15.7. The molecule has 0 aliphatic carbocycles. The quantitative estimate of drug-likeness (QED) is 0.563. The van der Waals surface area contributed by atoms with Crippen molar-refractivity contribution in [3.8, 4) is 5.75 Å². The molecular formula is C20H22BrN3O4S. The molecule has 29 heavy (non-hydrogen) atoms. The van der Waals surface area contributed by atoms with Crippen molar-refractivity contribution in [1.29, 1.82) is 0 Å². The minimum Gasteiger partial charge on any atom is -0.494 e. The van der Waals surface area contributed by atoms with Crippen LogP contribution < -0.4 is 14.8 Å². The minimum absolute atomic E-state index is 0.0865. The molecule has 2 aromatic rings. The molecule has 9 heteroatoms. The number of aliphatic imine (C=N–C) groups is 1. The van der Waals surface area contributed by atoms with Gasteiger partial charge in [0.15, 0.2) is 0 Å². The van der Waals surface area contributed by atoms with Gasteiger partial charge in [-0.15, -0.1) is 0 Å². The molecule has 0 bridgehead atoms. The molecule has 0 fully saturated rings. The lowest BCUT2D eigenvalue weighted by Gasteiger charge is -2.10. The van der Waals surface area contributed by atoms with Gasteiger partial charge in [0, 0.05) is 29.5 Å². The normalized spacial score (nSPS) is 13.6. The van der Waals surface area contributed by atoms with Gasteiger partial charge in [-0.25, -0.2) is 8.42 Å². The van der Waals surface area contributed by atoms with Crippen LogP contribution in [0.5, 0.6) is 5.75 Å². The number of amides is 1. The summed E-state index contributed by atoms with van der Waals surface area (Å²) in [7, 11) is -3.71. The van der Waals surface area contributed by atoms with Crippen LogP contribution in [0, 0.1) is 0 Å². The standard InChI is InChI=1S/C20H22BrN3O4S/c21-15-8-10-17(11-9-15)28-13-3-7-20(25)23-16-4-1-5-18(14-16)29(26,27)24-19-6-2-12-22-19/h1,4-5,8-11,14H,2-3,6-7,12-13H2,(H,22,24)(H,23,25). The van der Waals surface area contributed by atoms with E-state index in [1.165, 1.54) is 12.1 Å². The highest BCUT2D eigenvalue weighted by Gasteiger charge is 2.18. The van der Waals surface area contributed by atoms with E-state index in [-0.39, 0.29) is 17.2 Å². The van der Waals surface area contributed by atoms with Crippen molar-refractivity contribution in [3.05, 3.63) is 53.0 Å². The highest BCUT2D eigenvalue weighted by atomic mass is 79.9. The maximum atomic E-state index is 12.5. The summed E-state index contributed by atoms with van der Waals surface area (Å²) < 4.78 is 34.0. The van der Waals surface area contributed by atoms with Crippen LogP contribution in [0.4, 0.5) is 5.69 Å². The van der Waals surface area contributed by atoms with Crippen LogP contribution >= 0.6 is 15.9 Å². The average Bonchev–Trinajstić information content (AvgIpc) is 3.19. The second-order valence-electron chi connectivity index (χ2n) is 6.52. The van der Waals surface area contributed by atoms with E-state index in [9.17, 15) is 13.2 Å². The van der Waals surface area contributed by atoms with Crippen molar-refractivity contribution in [2.75, 3.05) is 18.5 Å². The molecule has 3 rings (SSSR count). The minimum atomic E-state index is -3.71. The number of hydrogen-bond donors (Lipinski definition) is 2. The number of benzene rings is 2. The lowest BCUT2D eigenvalue weighted by molar-refractivity contribution is -0.116. The van der Waals surface area contributed by atoms with Crippen LogP contribution in [-0.4, -0.2) is 33.3 Å². The van der Waals surface area contributed by atoms with Gasteiger partial charge in [-0.1, -0.05) is 22.0 Å². The number of halogens is 1. The van der Waals surface area contributed by atoms with Crippen molar-refractivity contribution in [1.82, 2.24) is 4.72 Å². The van der Waals surface area contributed by atoms with Gasteiger partial charge >= 0.3 is 0 Å². The van der Waals surface area contributed by atoms with Gasteiger partial charge in [-0.2, -0.15) is 0 Å². The van der Waals surface area contributed by atoms with Gasteiger partial charge < -0.3 is 10.1 Å². The number of ether oxygens (including phenoxy) is 1. The van der Waals surface area contributed by atoms with E-state index in [1.807, 2.05) is 24.3 Å². The van der Waals surface area contributed by atoms with Crippen LogP contribution in [0.25, 0.3) is 0 Å². The number of nitrogens with zero attached hydrogens (tertiary/aromatic N) is 1. The molecule has 0 saturated carbocycles. The van der Waals surface area contributed by atoms with Gasteiger partial charge in [0.2, 0.25) is 5.91 Å². The Morgan fingerprint density at radius 3 is 2.69 bits per heavy atom. The SMILES string of the molecule is O=C(CCCOc1ccc(Br)cc1)Nc1cccc(S(=O)(=O)NC2=NCCC2)c1. The maximum Gasteiger partial charge on any atom is 0.262 e. The fourth-order valence-corrected chi connectivity index (χ4v) is 4.15. The molecule has 2 aromatic carbocycles. The van der Waals surface area contributed by atoms with E-state index in [0.29, 0.717) is 37.5 Å². The third-order valence-electron chi connectivity index (χ3n) is 4.19. The Kier molecular flexibility index (Phi) is 7.27. The van der Waals surface area contributed by atoms with E-state index >= 15 is 0 Å². The Labute approximate surface area is 178 Å². The van der Waals surface area contributed by atoms with Crippen LogP contribution in [0.3, 0.4) is 0 Å². The molecular weight excluding hydrogens is 458 g/mol. The molecule has 1 aliphatic rings. The number of sulfonamides is 1. The van der Waals surface area contributed by atoms with Gasteiger partial charge in [-0.3, -0.25) is 14.5 Å². The molecule has 0 spiro atoms. The number of carbonyl (C=O) groups is 1. The summed E-state index contributed by atoms with van der Waals surface area (Å²) in [6.07, 6.45) is 2.28. The molecule has 7 nitrogen and oxygen atoms in total. The summed E-state index contributed by atoms with van der Waals surface area (Å²) in [6.45, 7) is 1.05. The van der Waals surface area contributed by atoms with Gasteiger partial charge in [-0.05, 0) is 55.3 Å². The average molecular weight is 480 g/mol. The predicted octanol–water partition coefficient (Wildman–Crippen LogP) is 3.72. The van der Waals surface area contributed by atoms with Crippen molar-refractivity contribution in [2.24, 2.45) is 4.99 Å². The summed E-state index contributed by atoms with van der Waals surface area (Å²) in [5, 5.41) is 2.73. The molecule has 1 heterocycles. The van der Waals surface area contributed by atoms with E-state index in [1.54, 1.807) is 12.1 Å². The Bertz CT molecular complexity index is 991. The van der Waals surface area contributed by atoms with Crippen LogP contribution in [0.1, 0.15) is 25.7 Å². The lowest BCUT2D eigenvalue weighted by Crippen LogP contribution is -2.29. The fourth-order valence-electron chi connectivity index (χ4n) is 2.75. The van der Waals surface area contributed by atoms with Gasteiger partial charge in [0.05, 0.1) is 11.5 Å². The van der Waals surface area contributed by atoms with E-state index in [0.717, 1.165) is 16.6 Å². The smallest absolute Gasteiger partial charge is 0.262 e. The number of hydrogen-bond acceptors (Lipinski definition) is 5. The highest BCUT2D eigenvalue weighted by molar-refractivity contribution is 9.10. The molecule has 0 saturated heterocycles. The third kappa shape index (κ3) is 6.57. The van der Waals surface area contributed by atoms with Gasteiger partial charge in [0.25, 0.3) is 10.0 Å². The largest absolute Gasteiger partial charge is 0.494 e. The molecule has 0 radical (unpaired) electrons. The predicted molar refractivity (Wildman–Crippen MR) is 116 cm³/mol. The summed E-state index contributed by atoms with van der Waals surface area (Å²) >= 11 is 3.36. The van der Waals surface area contributed by atoms with Crippen LogP contribution in [0.2, 0.25) is 0 Å². The number of rotatable bonds is 8. The summed E-state index contributed by atoms with van der Waals surface area (Å²) in [4.78, 5) is 16.4. The first-order valence-corrected chi connectivity index (χ1v) is 11.5. The van der Waals surface area contributed by atoms with Crippen LogP contribution in [0.15, 0.2) is 62.9 Å². The summed E-state index contributed by atoms with van der Waals surface area (Å²) in [6, 6.07) is 13.6. The van der Waals surface area contributed by atoms with Crippen molar-refractivity contribution < 1.29 is 17.9 Å². The van der Waals surface area contributed by atoms with E-state index in [2.05, 4.69) is 31.0 Å². The summed E-state index contributed by atoms with van der Waals surface area (Å²) in [5.74, 6) is 1.02. The number of nitrogens with one attached hydrogen (secondary N) is 2. The highest BCUT2D eigenvalue weighted by Crippen LogP contribution is 2.18. The second kappa shape index (κ2) is 9.89. The third-order valence-corrected chi connectivity index (χ3v) is 6.09. The monoisotopic (exact) mass is 479 g/mol. The molecule has 2 N–H and O–H groups in total. The van der Waals surface area contributed by atoms with Crippen molar-refractivity contribution in [3.63, 3.8) is 0 Å². The van der Waals surface area contributed by atoms with E-state index in [4.69, 9.17) is 4.74 Å². The maximum absolute atomic E-state index is 12.5. The first-order chi connectivity index (χ1) is 13.9. The Morgan fingerprint density at radius 1 is 1.17 bits per heavy atom. The molecule has 1 amide bonds. The van der Waals surface area contributed by atoms with E-state index < -0.39 is 10.0 Å². The number of anilines is 1. The zero-order valence-corrected chi connectivity index (χ0v) is 18.1. The van der Waals surface area contributed by atoms with Crippen LogP contribution in [-0.2, 0) is 14.8 Å². The first-order valence-electron chi connectivity index (χ1n) is 9.27. The second-order valence-corrected chi connectivity index (χ2v) is 9.12. The fraction of sp³-hybridized carbons (Fsp3) is 0.300. The number of carbonyl (C=O) groups excluding carboxylic acids is 1. The Hall–Kier alpha value is -2.39.